The molecule has 1 aromatic carbocycles. The third-order valence-corrected chi connectivity index (χ3v) is 3.84. The van der Waals surface area contributed by atoms with Crippen molar-refractivity contribution in [1.29, 1.82) is 0 Å². The maximum atomic E-state index is 11.6. The standard InChI is InChI=1S/C10H14BrNO3S/c1-8-3-4-10(9(11)7-8)12-16(13,14)6-5-15-2/h3-4,7,12H,5-6H2,1-2H3. The third kappa shape index (κ3) is 4.11. The summed E-state index contributed by atoms with van der Waals surface area (Å²) in [6.45, 7) is 2.12. The van der Waals surface area contributed by atoms with Crippen LogP contribution in [0, 0.1) is 6.92 Å². The number of aryl methyl sites for hydroxylation is 1. The van der Waals surface area contributed by atoms with Crippen molar-refractivity contribution in [3.8, 4) is 0 Å². The highest BCUT2D eigenvalue weighted by molar-refractivity contribution is 9.10. The third-order valence-electron chi connectivity index (χ3n) is 1.95. The number of halogens is 1. The van der Waals surface area contributed by atoms with E-state index in [1.807, 2.05) is 19.1 Å². The van der Waals surface area contributed by atoms with Crippen molar-refractivity contribution in [2.24, 2.45) is 0 Å². The number of hydrogen-bond donors (Lipinski definition) is 1. The molecule has 0 fully saturated rings. The van der Waals surface area contributed by atoms with E-state index in [1.54, 1.807) is 6.07 Å². The fourth-order valence-electron chi connectivity index (χ4n) is 1.11. The van der Waals surface area contributed by atoms with E-state index in [4.69, 9.17) is 4.74 Å². The minimum atomic E-state index is -3.34. The van der Waals surface area contributed by atoms with Gasteiger partial charge in [-0.05, 0) is 40.5 Å². The highest BCUT2D eigenvalue weighted by Crippen LogP contribution is 2.24. The van der Waals surface area contributed by atoms with Crippen molar-refractivity contribution in [3.05, 3.63) is 28.2 Å². The van der Waals surface area contributed by atoms with Gasteiger partial charge in [-0.1, -0.05) is 6.07 Å². The Morgan fingerprint density at radius 1 is 1.44 bits per heavy atom. The summed E-state index contributed by atoms with van der Waals surface area (Å²) < 4.78 is 31.1. The van der Waals surface area contributed by atoms with Crippen LogP contribution in [0.15, 0.2) is 22.7 Å². The van der Waals surface area contributed by atoms with Crippen LogP contribution in [0.3, 0.4) is 0 Å². The molecule has 90 valence electrons. The first-order chi connectivity index (χ1) is 7.44. The highest BCUT2D eigenvalue weighted by Gasteiger charge is 2.11. The number of hydrogen-bond acceptors (Lipinski definition) is 3. The van der Waals surface area contributed by atoms with Gasteiger partial charge >= 0.3 is 0 Å². The maximum absolute atomic E-state index is 11.6. The Balaban J connectivity index is 2.80. The van der Waals surface area contributed by atoms with Crippen LogP contribution in [-0.4, -0.2) is 27.9 Å². The summed E-state index contributed by atoms with van der Waals surface area (Å²) in [4.78, 5) is 0. The average molecular weight is 308 g/mol. The Kier molecular flexibility index (Phi) is 4.76. The Bertz CT molecular complexity index is 459. The highest BCUT2D eigenvalue weighted by atomic mass is 79.9. The largest absolute Gasteiger partial charge is 0.384 e. The molecule has 0 spiro atoms. The lowest BCUT2D eigenvalue weighted by atomic mass is 10.2. The number of anilines is 1. The molecule has 0 unspecified atom stereocenters. The van der Waals surface area contributed by atoms with Crippen LogP contribution >= 0.6 is 15.9 Å². The van der Waals surface area contributed by atoms with Crippen LogP contribution in [0.1, 0.15) is 5.56 Å². The Morgan fingerprint density at radius 3 is 2.69 bits per heavy atom. The van der Waals surface area contributed by atoms with Gasteiger partial charge in [0.25, 0.3) is 0 Å². The molecule has 0 saturated heterocycles. The molecule has 0 amide bonds. The molecule has 0 radical (unpaired) electrons. The number of methoxy groups -OCH3 is 1. The molecule has 0 bridgehead atoms. The van der Waals surface area contributed by atoms with Crippen molar-refractivity contribution in [1.82, 2.24) is 0 Å². The number of nitrogens with one attached hydrogen (secondary N) is 1. The quantitative estimate of drug-likeness (QED) is 0.907. The summed E-state index contributed by atoms with van der Waals surface area (Å²) in [6.07, 6.45) is 0. The lowest BCUT2D eigenvalue weighted by molar-refractivity contribution is 0.217. The van der Waals surface area contributed by atoms with E-state index in [0.29, 0.717) is 5.69 Å². The smallest absolute Gasteiger partial charge is 0.235 e. The van der Waals surface area contributed by atoms with Crippen molar-refractivity contribution < 1.29 is 13.2 Å². The van der Waals surface area contributed by atoms with Crippen molar-refractivity contribution in [3.63, 3.8) is 0 Å². The van der Waals surface area contributed by atoms with Gasteiger partial charge in [0.2, 0.25) is 10.0 Å². The fraction of sp³-hybridized carbons (Fsp3) is 0.400. The summed E-state index contributed by atoms with van der Waals surface area (Å²) in [6, 6.07) is 5.43. The van der Waals surface area contributed by atoms with Crippen molar-refractivity contribution >= 4 is 31.6 Å². The Hall–Kier alpha value is -0.590. The van der Waals surface area contributed by atoms with E-state index in [0.717, 1.165) is 10.0 Å². The Morgan fingerprint density at radius 2 is 2.12 bits per heavy atom. The first kappa shape index (κ1) is 13.5. The van der Waals surface area contributed by atoms with Crippen LogP contribution in [0.25, 0.3) is 0 Å². The Labute approximate surface area is 104 Å². The van der Waals surface area contributed by atoms with Crippen LogP contribution in [0.5, 0.6) is 0 Å². The van der Waals surface area contributed by atoms with Gasteiger partial charge in [0.05, 0.1) is 18.0 Å². The van der Waals surface area contributed by atoms with Gasteiger partial charge < -0.3 is 4.74 Å². The van der Waals surface area contributed by atoms with E-state index in [-0.39, 0.29) is 12.4 Å². The van der Waals surface area contributed by atoms with Crippen molar-refractivity contribution in [2.75, 3.05) is 24.2 Å². The fourth-order valence-corrected chi connectivity index (χ4v) is 2.84. The lowest BCUT2D eigenvalue weighted by Crippen LogP contribution is -2.19. The number of rotatable bonds is 5. The molecule has 1 rings (SSSR count). The molecule has 1 N–H and O–H groups in total. The molecule has 0 atom stereocenters. The van der Waals surface area contributed by atoms with Crippen molar-refractivity contribution in [2.45, 2.75) is 6.92 Å². The summed E-state index contributed by atoms with van der Waals surface area (Å²) >= 11 is 3.31. The zero-order chi connectivity index (χ0) is 12.2. The molecule has 0 heterocycles. The topological polar surface area (TPSA) is 55.4 Å². The van der Waals surface area contributed by atoms with Gasteiger partial charge in [0.1, 0.15) is 0 Å². The molecule has 0 aliphatic rings. The first-order valence-corrected chi connectivity index (χ1v) is 7.15. The number of ether oxygens (including phenoxy) is 1. The van der Waals surface area contributed by atoms with Gasteiger partial charge in [-0.25, -0.2) is 8.42 Å². The monoisotopic (exact) mass is 307 g/mol. The second kappa shape index (κ2) is 5.65. The normalized spacial score (nSPS) is 11.4. The molecule has 6 heteroatoms. The average Bonchev–Trinajstić information content (AvgIpc) is 2.19. The van der Waals surface area contributed by atoms with Crippen LogP contribution < -0.4 is 4.72 Å². The van der Waals surface area contributed by atoms with Gasteiger partial charge in [-0.3, -0.25) is 4.72 Å². The zero-order valence-electron chi connectivity index (χ0n) is 9.16. The maximum Gasteiger partial charge on any atom is 0.235 e. The molecule has 0 aliphatic heterocycles. The summed E-state index contributed by atoms with van der Waals surface area (Å²) in [7, 11) is -1.87. The molecular weight excluding hydrogens is 294 g/mol. The minimum absolute atomic E-state index is 0.0518. The minimum Gasteiger partial charge on any atom is -0.384 e. The first-order valence-electron chi connectivity index (χ1n) is 4.70. The van der Waals surface area contributed by atoms with E-state index in [1.165, 1.54) is 7.11 Å². The molecular formula is C10H14BrNO3S. The summed E-state index contributed by atoms with van der Waals surface area (Å²) in [5, 5.41) is 0. The number of benzene rings is 1. The molecule has 16 heavy (non-hydrogen) atoms. The molecule has 0 saturated carbocycles. The summed E-state index contributed by atoms with van der Waals surface area (Å²) in [5.74, 6) is -0.0518. The van der Waals surface area contributed by atoms with Crippen LogP contribution in [0.4, 0.5) is 5.69 Å². The van der Waals surface area contributed by atoms with E-state index in [9.17, 15) is 8.42 Å². The number of sulfonamides is 1. The molecule has 1 aromatic rings. The van der Waals surface area contributed by atoms with E-state index < -0.39 is 10.0 Å². The molecule has 0 aliphatic carbocycles. The molecule has 4 nitrogen and oxygen atoms in total. The SMILES string of the molecule is COCCS(=O)(=O)Nc1ccc(C)cc1Br. The van der Waals surface area contributed by atoms with Gasteiger partial charge in [0.15, 0.2) is 0 Å². The van der Waals surface area contributed by atoms with Crippen LogP contribution in [0.2, 0.25) is 0 Å². The lowest BCUT2D eigenvalue weighted by Gasteiger charge is -2.09. The van der Waals surface area contributed by atoms with E-state index >= 15 is 0 Å². The zero-order valence-corrected chi connectivity index (χ0v) is 11.6. The van der Waals surface area contributed by atoms with Gasteiger partial charge in [0, 0.05) is 11.6 Å². The second-order valence-corrected chi connectivity index (χ2v) is 6.09. The second-order valence-electron chi connectivity index (χ2n) is 3.40. The van der Waals surface area contributed by atoms with E-state index in [2.05, 4.69) is 20.7 Å². The predicted octanol–water partition coefficient (Wildman–Crippen LogP) is 2.15. The van der Waals surface area contributed by atoms with Crippen LogP contribution in [-0.2, 0) is 14.8 Å². The van der Waals surface area contributed by atoms with Gasteiger partial charge in [-0.15, -0.1) is 0 Å². The molecule has 0 aromatic heterocycles. The predicted molar refractivity (Wildman–Crippen MR) is 68.2 cm³/mol. The summed E-state index contributed by atoms with van der Waals surface area (Å²) in [5.41, 5.74) is 1.61. The van der Waals surface area contributed by atoms with Gasteiger partial charge in [-0.2, -0.15) is 0 Å².